The molecule has 0 bridgehead atoms. The molecule has 0 radical (unpaired) electrons. The molecule has 0 spiro atoms. The third-order valence-electron chi connectivity index (χ3n) is 3.29. The molecule has 0 aliphatic heterocycles. The van der Waals surface area contributed by atoms with E-state index in [2.05, 4.69) is 15.7 Å². The van der Waals surface area contributed by atoms with Crippen LogP contribution in [0.1, 0.15) is 5.56 Å². The van der Waals surface area contributed by atoms with Gasteiger partial charge in [-0.05, 0) is 54.2 Å². The highest BCUT2D eigenvalue weighted by atomic mass is 35.5. The van der Waals surface area contributed by atoms with Gasteiger partial charge in [-0.15, -0.1) is 0 Å². The van der Waals surface area contributed by atoms with Crippen LogP contribution >= 0.6 is 35.4 Å². The number of thiocarbonyl (C=S) groups is 1. The Kier molecular flexibility index (Phi) is 5.35. The van der Waals surface area contributed by atoms with Crippen molar-refractivity contribution in [3.63, 3.8) is 0 Å². The van der Waals surface area contributed by atoms with E-state index in [1.54, 1.807) is 24.4 Å². The summed E-state index contributed by atoms with van der Waals surface area (Å²) in [6, 6.07) is 15.1. The number of nitrogens with zero attached hydrogens (tertiary/aromatic N) is 2. The van der Waals surface area contributed by atoms with Gasteiger partial charge >= 0.3 is 0 Å². The van der Waals surface area contributed by atoms with Crippen molar-refractivity contribution in [1.82, 2.24) is 9.78 Å². The van der Waals surface area contributed by atoms with Gasteiger partial charge in [0, 0.05) is 23.1 Å². The molecule has 0 saturated heterocycles. The Labute approximate surface area is 155 Å². The molecule has 0 atom stereocenters. The quantitative estimate of drug-likeness (QED) is 0.625. The van der Waals surface area contributed by atoms with E-state index < -0.39 is 0 Å². The molecular weight excluding hydrogens is 363 g/mol. The maximum absolute atomic E-state index is 6.12. The van der Waals surface area contributed by atoms with E-state index in [1.807, 2.05) is 41.2 Å². The summed E-state index contributed by atoms with van der Waals surface area (Å²) in [7, 11) is 0. The standard InChI is InChI=1S/C17H14Cl2N4S/c18-13-4-7-16(15(19)10-13)22-17(24)21-14-5-2-12(3-6-14)11-23-9-1-8-20-23/h1-10H,11H2,(H2,21,22,24). The van der Waals surface area contributed by atoms with Crippen molar-refractivity contribution in [3.05, 3.63) is 76.5 Å². The average Bonchev–Trinajstić information content (AvgIpc) is 3.05. The van der Waals surface area contributed by atoms with Crippen molar-refractivity contribution in [3.8, 4) is 0 Å². The van der Waals surface area contributed by atoms with Gasteiger partial charge in [0.15, 0.2) is 5.11 Å². The number of hydrogen-bond donors (Lipinski definition) is 2. The monoisotopic (exact) mass is 376 g/mol. The number of nitrogens with one attached hydrogen (secondary N) is 2. The van der Waals surface area contributed by atoms with Crippen molar-refractivity contribution in [2.45, 2.75) is 6.54 Å². The summed E-state index contributed by atoms with van der Waals surface area (Å²) in [6.07, 6.45) is 3.70. The van der Waals surface area contributed by atoms with Crippen LogP contribution in [-0.2, 0) is 6.54 Å². The first-order valence-corrected chi connectivity index (χ1v) is 8.36. The van der Waals surface area contributed by atoms with Crippen LogP contribution in [0.15, 0.2) is 60.9 Å². The summed E-state index contributed by atoms with van der Waals surface area (Å²) in [4.78, 5) is 0. The Bertz CT molecular complexity index is 832. The molecule has 0 unspecified atom stereocenters. The normalized spacial score (nSPS) is 10.4. The van der Waals surface area contributed by atoms with Crippen LogP contribution in [0.3, 0.4) is 0 Å². The molecule has 3 aromatic rings. The van der Waals surface area contributed by atoms with Crippen molar-refractivity contribution in [2.24, 2.45) is 0 Å². The van der Waals surface area contributed by atoms with Crippen LogP contribution < -0.4 is 10.6 Å². The van der Waals surface area contributed by atoms with Crippen molar-refractivity contribution in [2.75, 3.05) is 10.6 Å². The Morgan fingerprint density at radius 3 is 2.54 bits per heavy atom. The summed E-state index contributed by atoms with van der Waals surface area (Å²) in [5.41, 5.74) is 2.75. The van der Waals surface area contributed by atoms with Crippen LogP contribution in [-0.4, -0.2) is 14.9 Å². The molecule has 0 fully saturated rings. The second kappa shape index (κ2) is 7.66. The molecule has 7 heteroatoms. The van der Waals surface area contributed by atoms with Crippen molar-refractivity contribution in [1.29, 1.82) is 0 Å². The average molecular weight is 377 g/mol. The lowest BCUT2D eigenvalue weighted by Gasteiger charge is -2.12. The van der Waals surface area contributed by atoms with E-state index in [0.717, 1.165) is 17.8 Å². The summed E-state index contributed by atoms with van der Waals surface area (Å²) in [5, 5.41) is 11.9. The molecule has 4 nitrogen and oxygen atoms in total. The van der Waals surface area contributed by atoms with Crippen LogP contribution in [0.2, 0.25) is 10.0 Å². The van der Waals surface area contributed by atoms with Gasteiger partial charge in [0.25, 0.3) is 0 Å². The second-order valence-electron chi connectivity index (χ2n) is 5.10. The first kappa shape index (κ1) is 16.8. The zero-order valence-corrected chi connectivity index (χ0v) is 14.9. The minimum atomic E-state index is 0.457. The van der Waals surface area contributed by atoms with Gasteiger partial charge in [-0.1, -0.05) is 35.3 Å². The molecule has 0 aliphatic rings. The second-order valence-corrected chi connectivity index (χ2v) is 6.36. The van der Waals surface area contributed by atoms with E-state index in [4.69, 9.17) is 35.4 Å². The third-order valence-corrected chi connectivity index (χ3v) is 4.05. The van der Waals surface area contributed by atoms with Crippen LogP contribution in [0.25, 0.3) is 0 Å². The molecule has 1 heterocycles. The summed E-state index contributed by atoms with van der Waals surface area (Å²) >= 11 is 17.3. The highest BCUT2D eigenvalue weighted by Gasteiger charge is 2.04. The molecule has 122 valence electrons. The molecule has 0 amide bonds. The lowest BCUT2D eigenvalue weighted by molar-refractivity contribution is 0.687. The van der Waals surface area contributed by atoms with Gasteiger partial charge in [0.1, 0.15) is 0 Å². The highest BCUT2D eigenvalue weighted by Crippen LogP contribution is 2.25. The van der Waals surface area contributed by atoms with Crippen LogP contribution in [0.4, 0.5) is 11.4 Å². The molecule has 24 heavy (non-hydrogen) atoms. The predicted molar refractivity (Wildman–Crippen MR) is 104 cm³/mol. The maximum atomic E-state index is 6.12. The summed E-state index contributed by atoms with van der Waals surface area (Å²) in [5.74, 6) is 0. The van der Waals surface area contributed by atoms with Crippen LogP contribution in [0.5, 0.6) is 0 Å². The Morgan fingerprint density at radius 1 is 1.08 bits per heavy atom. The highest BCUT2D eigenvalue weighted by molar-refractivity contribution is 7.80. The molecule has 3 rings (SSSR count). The number of benzene rings is 2. The Morgan fingerprint density at radius 2 is 1.88 bits per heavy atom. The fourth-order valence-electron chi connectivity index (χ4n) is 2.15. The SMILES string of the molecule is S=C(Nc1ccc(Cn2cccn2)cc1)Nc1ccc(Cl)cc1Cl. The molecule has 2 aromatic carbocycles. The maximum Gasteiger partial charge on any atom is 0.175 e. The van der Waals surface area contributed by atoms with Gasteiger partial charge in [0.05, 0.1) is 17.3 Å². The predicted octanol–water partition coefficient (Wildman–Crippen LogP) is 5.05. The number of halogens is 2. The molecule has 0 saturated carbocycles. The summed E-state index contributed by atoms with van der Waals surface area (Å²) in [6.45, 7) is 0.732. The number of aromatic nitrogens is 2. The van der Waals surface area contributed by atoms with Gasteiger partial charge < -0.3 is 10.6 Å². The third kappa shape index (κ3) is 4.47. The zero-order chi connectivity index (χ0) is 16.9. The fourth-order valence-corrected chi connectivity index (χ4v) is 2.83. The topological polar surface area (TPSA) is 41.9 Å². The Balaban J connectivity index is 1.60. The van der Waals surface area contributed by atoms with Gasteiger partial charge in [-0.3, -0.25) is 4.68 Å². The first-order chi connectivity index (χ1) is 11.6. The molecular formula is C17H14Cl2N4S. The molecule has 2 N–H and O–H groups in total. The number of hydrogen-bond acceptors (Lipinski definition) is 2. The minimum Gasteiger partial charge on any atom is -0.332 e. The van der Waals surface area contributed by atoms with Crippen molar-refractivity contribution >= 4 is 51.9 Å². The number of rotatable bonds is 4. The lowest BCUT2D eigenvalue weighted by Crippen LogP contribution is -2.19. The lowest BCUT2D eigenvalue weighted by atomic mass is 10.2. The van der Waals surface area contributed by atoms with Gasteiger partial charge in [0.2, 0.25) is 0 Å². The minimum absolute atomic E-state index is 0.457. The van der Waals surface area contributed by atoms with E-state index in [-0.39, 0.29) is 0 Å². The van der Waals surface area contributed by atoms with E-state index in [9.17, 15) is 0 Å². The largest absolute Gasteiger partial charge is 0.332 e. The van der Waals surface area contributed by atoms with Crippen LogP contribution in [0, 0.1) is 0 Å². The number of anilines is 2. The van der Waals surface area contributed by atoms with Crippen molar-refractivity contribution < 1.29 is 0 Å². The van der Waals surface area contributed by atoms with Gasteiger partial charge in [-0.2, -0.15) is 5.10 Å². The summed E-state index contributed by atoms with van der Waals surface area (Å²) < 4.78 is 1.87. The van der Waals surface area contributed by atoms with E-state index >= 15 is 0 Å². The first-order valence-electron chi connectivity index (χ1n) is 7.19. The zero-order valence-electron chi connectivity index (χ0n) is 12.5. The fraction of sp³-hybridized carbons (Fsp3) is 0.0588. The Hall–Kier alpha value is -2.08. The van der Waals surface area contributed by atoms with Gasteiger partial charge in [-0.25, -0.2) is 0 Å². The van der Waals surface area contributed by atoms with E-state index in [1.165, 1.54) is 0 Å². The van der Waals surface area contributed by atoms with E-state index in [0.29, 0.717) is 20.8 Å². The smallest absolute Gasteiger partial charge is 0.175 e. The molecule has 0 aliphatic carbocycles. The molecule has 1 aromatic heterocycles.